The number of sulfonamides is 1. The van der Waals surface area contributed by atoms with Gasteiger partial charge < -0.3 is 5.32 Å². The van der Waals surface area contributed by atoms with E-state index in [0.717, 1.165) is 18.5 Å². The minimum absolute atomic E-state index is 0.0889. The molecular weight excluding hydrogens is 368 g/mol. The number of piperidine rings is 1. The molecule has 0 bridgehead atoms. The van der Waals surface area contributed by atoms with Crippen molar-refractivity contribution >= 4 is 33.0 Å². The predicted octanol–water partition coefficient (Wildman–Crippen LogP) is 3.28. The standard InChI is InChI=1S/C19H22N2O3S2/c22-19(20-17-9-8-14-4-1-5-15(14)12-17)16-6-2-10-21(13-16)26(23,24)18-7-3-11-25-18/h3,7-9,11-12,16H,1-2,4-6,10,13H2,(H,20,22)/t16-/m1/s1. The molecule has 2 heterocycles. The second-order valence-corrected chi connectivity index (χ2v) is 10.1. The third-order valence-corrected chi connectivity index (χ3v) is 8.45. The summed E-state index contributed by atoms with van der Waals surface area (Å²) in [4.78, 5) is 12.7. The first kappa shape index (κ1) is 17.7. The first-order valence-electron chi connectivity index (χ1n) is 9.00. The number of amides is 1. The van der Waals surface area contributed by atoms with Gasteiger partial charge >= 0.3 is 0 Å². The van der Waals surface area contributed by atoms with Gasteiger partial charge in [0.15, 0.2) is 0 Å². The van der Waals surface area contributed by atoms with Crippen molar-refractivity contribution in [1.82, 2.24) is 4.31 Å². The topological polar surface area (TPSA) is 66.5 Å². The van der Waals surface area contributed by atoms with Crippen LogP contribution in [0.5, 0.6) is 0 Å². The molecule has 4 rings (SSSR count). The van der Waals surface area contributed by atoms with E-state index in [0.29, 0.717) is 23.6 Å². The van der Waals surface area contributed by atoms with Gasteiger partial charge in [0.25, 0.3) is 10.0 Å². The molecule has 2 aliphatic rings. The Morgan fingerprint density at radius 1 is 1.15 bits per heavy atom. The lowest BCUT2D eigenvalue weighted by Crippen LogP contribution is -2.43. The third-order valence-electron chi connectivity index (χ3n) is 5.21. The predicted molar refractivity (Wildman–Crippen MR) is 103 cm³/mol. The molecule has 0 spiro atoms. The van der Waals surface area contributed by atoms with Crippen LogP contribution in [0.4, 0.5) is 5.69 Å². The summed E-state index contributed by atoms with van der Waals surface area (Å²) in [6.07, 6.45) is 4.77. The summed E-state index contributed by atoms with van der Waals surface area (Å²) in [5, 5.41) is 4.75. The molecule has 1 aromatic carbocycles. The minimum Gasteiger partial charge on any atom is -0.326 e. The highest BCUT2D eigenvalue weighted by Gasteiger charge is 2.33. The maximum Gasteiger partial charge on any atom is 0.252 e. The van der Waals surface area contributed by atoms with E-state index < -0.39 is 10.0 Å². The molecule has 2 aromatic rings. The Balaban J connectivity index is 1.45. The van der Waals surface area contributed by atoms with Crippen molar-refractivity contribution < 1.29 is 13.2 Å². The number of carbonyl (C=O) groups is 1. The number of hydrogen-bond donors (Lipinski definition) is 1. The highest BCUT2D eigenvalue weighted by atomic mass is 32.2. The minimum atomic E-state index is -3.49. The normalized spacial score (nSPS) is 20.7. The van der Waals surface area contributed by atoms with Crippen LogP contribution in [0.2, 0.25) is 0 Å². The van der Waals surface area contributed by atoms with E-state index in [1.165, 1.54) is 33.2 Å². The molecule has 1 aliphatic heterocycles. The zero-order chi connectivity index (χ0) is 18.1. The molecule has 0 saturated carbocycles. The van der Waals surface area contributed by atoms with Crippen molar-refractivity contribution in [1.29, 1.82) is 0 Å². The molecule has 1 saturated heterocycles. The van der Waals surface area contributed by atoms with E-state index in [2.05, 4.69) is 17.4 Å². The highest BCUT2D eigenvalue weighted by molar-refractivity contribution is 7.91. The Labute approximate surface area is 158 Å². The number of nitrogens with zero attached hydrogens (tertiary/aromatic N) is 1. The van der Waals surface area contributed by atoms with Gasteiger partial charge in [-0.1, -0.05) is 12.1 Å². The van der Waals surface area contributed by atoms with Crippen molar-refractivity contribution in [3.63, 3.8) is 0 Å². The molecule has 1 aliphatic carbocycles. The molecule has 1 atom stereocenters. The van der Waals surface area contributed by atoms with Gasteiger partial charge in [0.05, 0.1) is 5.92 Å². The van der Waals surface area contributed by atoms with E-state index in [1.54, 1.807) is 17.5 Å². The number of nitrogens with one attached hydrogen (secondary N) is 1. The summed E-state index contributed by atoms with van der Waals surface area (Å²) < 4.78 is 27.2. The van der Waals surface area contributed by atoms with Gasteiger partial charge in [0.1, 0.15) is 4.21 Å². The molecule has 1 amide bonds. The van der Waals surface area contributed by atoms with Crippen LogP contribution in [0.25, 0.3) is 0 Å². The van der Waals surface area contributed by atoms with Crippen LogP contribution < -0.4 is 5.32 Å². The number of rotatable bonds is 4. The maximum absolute atomic E-state index is 12.7. The zero-order valence-electron chi connectivity index (χ0n) is 14.5. The molecule has 0 unspecified atom stereocenters. The average Bonchev–Trinajstić information content (AvgIpc) is 3.33. The molecule has 138 valence electrons. The average molecular weight is 391 g/mol. The van der Waals surface area contributed by atoms with E-state index in [-0.39, 0.29) is 18.4 Å². The summed E-state index contributed by atoms with van der Waals surface area (Å²) in [7, 11) is -3.49. The second-order valence-electron chi connectivity index (χ2n) is 6.96. The van der Waals surface area contributed by atoms with Crippen LogP contribution >= 0.6 is 11.3 Å². The number of thiophene rings is 1. The summed E-state index contributed by atoms with van der Waals surface area (Å²) in [5.74, 6) is -0.402. The third kappa shape index (κ3) is 3.43. The Morgan fingerprint density at radius 3 is 2.81 bits per heavy atom. The van der Waals surface area contributed by atoms with Crippen LogP contribution in [0.3, 0.4) is 0 Å². The lowest BCUT2D eigenvalue weighted by atomic mass is 9.98. The molecule has 7 heteroatoms. The summed E-state index contributed by atoms with van der Waals surface area (Å²) >= 11 is 1.22. The number of anilines is 1. The summed E-state index contributed by atoms with van der Waals surface area (Å²) in [6.45, 7) is 0.722. The number of aryl methyl sites for hydroxylation is 2. The molecule has 5 nitrogen and oxygen atoms in total. The number of benzene rings is 1. The van der Waals surface area contributed by atoms with Gasteiger partial charge in [0, 0.05) is 18.8 Å². The molecule has 26 heavy (non-hydrogen) atoms. The van der Waals surface area contributed by atoms with E-state index in [4.69, 9.17) is 0 Å². The Bertz CT molecular complexity index is 907. The van der Waals surface area contributed by atoms with E-state index in [9.17, 15) is 13.2 Å². The highest BCUT2D eigenvalue weighted by Crippen LogP contribution is 2.28. The van der Waals surface area contributed by atoms with Crippen molar-refractivity contribution in [3.05, 3.63) is 46.8 Å². The summed E-state index contributed by atoms with van der Waals surface area (Å²) in [6, 6.07) is 9.45. The largest absolute Gasteiger partial charge is 0.326 e. The lowest BCUT2D eigenvalue weighted by Gasteiger charge is -2.30. The van der Waals surface area contributed by atoms with Gasteiger partial charge in [-0.3, -0.25) is 4.79 Å². The fraction of sp³-hybridized carbons (Fsp3) is 0.421. The number of fused-ring (bicyclic) bond motifs is 1. The second kappa shape index (κ2) is 7.13. The van der Waals surface area contributed by atoms with Crippen LogP contribution in [-0.4, -0.2) is 31.7 Å². The van der Waals surface area contributed by atoms with Crippen molar-refractivity contribution in [2.24, 2.45) is 5.92 Å². The van der Waals surface area contributed by atoms with E-state index >= 15 is 0 Å². The van der Waals surface area contributed by atoms with Gasteiger partial charge in [0.2, 0.25) is 5.91 Å². The first-order chi connectivity index (χ1) is 12.5. The smallest absolute Gasteiger partial charge is 0.252 e. The van der Waals surface area contributed by atoms with Crippen molar-refractivity contribution in [3.8, 4) is 0 Å². The number of carbonyl (C=O) groups excluding carboxylic acids is 1. The van der Waals surface area contributed by atoms with Gasteiger partial charge in [-0.15, -0.1) is 11.3 Å². The Kier molecular flexibility index (Phi) is 4.86. The molecule has 1 fully saturated rings. The summed E-state index contributed by atoms with van der Waals surface area (Å²) in [5.41, 5.74) is 3.50. The monoisotopic (exact) mass is 390 g/mol. The molecule has 1 N–H and O–H groups in total. The van der Waals surface area contributed by atoms with E-state index in [1.807, 2.05) is 6.07 Å². The molecule has 1 aromatic heterocycles. The van der Waals surface area contributed by atoms with Crippen LogP contribution in [0, 0.1) is 5.92 Å². The Hall–Kier alpha value is -1.70. The van der Waals surface area contributed by atoms with Crippen molar-refractivity contribution in [2.45, 2.75) is 36.3 Å². The SMILES string of the molecule is O=C(Nc1ccc2c(c1)CCC2)[C@@H]1CCCN(S(=O)(=O)c2cccs2)C1. The van der Waals surface area contributed by atoms with Gasteiger partial charge in [-0.05, 0) is 66.8 Å². The maximum atomic E-state index is 12.7. The molecule has 0 radical (unpaired) electrons. The fourth-order valence-corrected chi connectivity index (χ4v) is 6.47. The number of hydrogen-bond acceptors (Lipinski definition) is 4. The van der Waals surface area contributed by atoms with Crippen LogP contribution in [-0.2, 0) is 27.7 Å². The van der Waals surface area contributed by atoms with Gasteiger partial charge in [-0.2, -0.15) is 4.31 Å². The first-order valence-corrected chi connectivity index (χ1v) is 11.3. The fourth-order valence-electron chi connectivity index (χ4n) is 3.81. The zero-order valence-corrected chi connectivity index (χ0v) is 16.1. The molecular formula is C19H22N2O3S2. The van der Waals surface area contributed by atoms with Crippen molar-refractivity contribution in [2.75, 3.05) is 18.4 Å². The quantitative estimate of drug-likeness (QED) is 0.871. The Morgan fingerprint density at radius 2 is 2.00 bits per heavy atom. The lowest BCUT2D eigenvalue weighted by molar-refractivity contribution is -0.120. The van der Waals surface area contributed by atoms with Gasteiger partial charge in [-0.25, -0.2) is 8.42 Å². The van der Waals surface area contributed by atoms with Crippen LogP contribution in [0.1, 0.15) is 30.4 Å². The van der Waals surface area contributed by atoms with Crippen LogP contribution in [0.15, 0.2) is 39.9 Å².